The molecule has 0 aliphatic carbocycles. The van der Waals surface area contributed by atoms with Crippen molar-refractivity contribution in [3.63, 3.8) is 0 Å². The maximum absolute atomic E-state index is 6.09. The van der Waals surface area contributed by atoms with Crippen molar-refractivity contribution in [3.8, 4) is 11.5 Å². The minimum atomic E-state index is 0.478. The van der Waals surface area contributed by atoms with E-state index in [9.17, 15) is 0 Å². The van der Waals surface area contributed by atoms with Gasteiger partial charge in [0.05, 0.1) is 18.7 Å². The maximum Gasteiger partial charge on any atom is 0.179 e. The van der Waals surface area contributed by atoms with Gasteiger partial charge in [0, 0.05) is 17.1 Å². The summed E-state index contributed by atoms with van der Waals surface area (Å²) < 4.78 is 11.1. The Bertz CT molecular complexity index is 454. The Kier molecular flexibility index (Phi) is 5.82. The molecule has 5 heteroatoms. The van der Waals surface area contributed by atoms with Crippen LogP contribution in [0.1, 0.15) is 26.2 Å². The van der Waals surface area contributed by atoms with E-state index in [1.807, 2.05) is 0 Å². The summed E-state index contributed by atoms with van der Waals surface area (Å²) in [5.41, 5.74) is 0. The molecule has 0 spiro atoms. The fourth-order valence-corrected chi connectivity index (χ4v) is 3.34. The molecule has 1 aliphatic rings. The number of nitrogens with zero attached hydrogens (tertiary/aromatic N) is 1. The summed E-state index contributed by atoms with van der Waals surface area (Å²) >= 11 is 12.1. The Morgan fingerprint density at radius 3 is 2.85 bits per heavy atom. The van der Waals surface area contributed by atoms with E-state index in [4.69, 9.17) is 32.7 Å². The summed E-state index contributed by atoms with van der Waals surface area (Å²) in [5.74, 6) is 1.17. The molecule has 20 heavy (non-hydrogen) atoms. The van der Waals surface area contributed by atoms with Crippen LogP contribution < -0.4 is 9.47 Å². The van der Waals surface area contributed by atoms with Gasteiger partial charge >= 0.3 is 0 Å². The highest BCUT2D eigenvalue weighted by atomic mass is 35.5. The predicted molar refractivity (Wildman–Crippen MR) is 83.4 cm³/mol. The monoisotopic (exact) mass is 317 g/mol. The van der Waals surface area contributed by atoms with Gasteiger partial charge in [-0.2, -0.15) is 0 Å². The summed E-state index contributed by atoms with van der Waals surface area (Å²) in [5, 5.41) is 1.04. The van der Waals surface area contributed by atoms with E-state index in [-0.39, 0.29) is 0 Å². The molecule has 112 valence electrons. The molecule has 0 N–H and O–H groups in total. The lowest BCUT2D eigenvalue weighted by atomic mass is 10.1. The number of benzene rings is 1. The summed E-state index contributed by atoms with van der Waals surface area (Å²) in [6, 6.07) is 4.03. The van der Waals surface area contributed by atoms with Gasteiger partial charge in [-0.15, -0.1) is 0 Å². The largest absolute Gasteiger partial charge is 0.491 e. The van der Waals surface area contributed by atoms with Gasteiger partial charge in [-0.3, -0.25) is 0 Å². The van der Waals surface area contributed by atoms with Crippen molar-refractivity contribution >= 4 is 23.2 Å². The van der Waals surface area contributed by atoms with E-state index < -0.39 is 0 Å². The van der Waals surface area contributed by atoms with Gasteiger partial charge in [0.2, 0.25) is 0 Å². The van der Waals surface area contributed by atoms with Crippen molar-refractivity contribution in [2.75, 3.05) is 26.8 Å². The number of methoxy groups -OCH3 is 1. The first-order valence-electron chi connectivity index (χ1n) is 7.05. The second-order valence-electron chi connectivity index (χ2n) is 4.98. The van der Waals surface area contributed by atoms with Crippen LogP contribution in [0.15, 0.2) is 12.1 Å². The normalized spacial score (nSPS) is 19.3. The number of hydrogen-bond acceptors (Lipinski definition) is 3. The highest BCUT2D eigenvalue weighted by molar-refractivity contribution is 6.35. The van der Waals surface area contributed by atoms with E-state index in [2.05, 4.69) is 11.8 Å². The van der Waals surface area contributed by atoms with Gasteiger partial charge in [0.1, 0.15) is 0 Å². The molecular formula is C15H21Cl2NO2. The highest BCUT2D eigenvalue weighted by Gasteiger charge is 2.22. The molecular weight excluding hydrogens is 297 g/mol. The van der Waals surface area contributed by atoms with Gasteiger partial charge in [-0.1, -0.05) is 30.1 Å². The van der Waals surface area contributed by atoms with E-state index >= 15 is 0 Å². The highest BCUT2D eigenvalue weighted by Crippen LogP contribution is 2.38. The Balaban J connectivity index is 1.94. The van der Waals surface area contributed by atoms with Crippen LogP contribution in [0.4, 0.5) is 0 Å². The van der Waals surface area contributed by atoms with Crippen molar-refractivity contribution in [3.05, 3.63) is 22.2 Å². The van der Waals surface area contributed by atoms with E-state index in [1.54, 1.807) is 19.2 Å². The third-order valence-electron chi connectivity index (χ3n) is 3.79. The molecule has 0 aromatic heterocycles. The summed E-state index contributed by atoms with van der Waals surface area (Å²) in [6.45, 7) is 5.16. The topological polar surface area (TPSA) is 21.7 Å². The lowest BCUT2D eigenvalue weighted by molar-refractivity contribution is 0.208. The third-order valence-corrected chi connectivity index (χ3v) is 4.29. The number of likely N-dealkylation sites (tertiary alicyclic amines) is 1. The molecule has 1 saturated heterocycles. The molecule has 1 atom stereocenters. The Labute approximate surface area is 130 Å². The van der Waals surface area contributed by atoms with Crippen LogP contribution in [0.5, 0.6) is 11.5 Å². The zero-order chi connectivity index (χ0) is 14.5. The minimum Gasteiger partial charge on any atom is -0.491 e. The lowest BCUT2D eigenvalue weighted by Crippen LogP contribution is -2.30. The molecule has 1 fully saturated rings. The number of ether oxygens (including phenoxy) is 2. The first kappa shape index (κ1) is 15.7. The molecule has 2 rings (SSSR count). The number of rotatable bonds is 6. The van der Waals surface area contributed by atoms with Crippen LogP contribution in [0.25, 0.3) is 0 Å². The van der Waals surface area contributed by atoms with Crippen molar-refractivity contribution in [2.45, 2.75) is 32.2 Å². The maximum atomic E-state index is 6.09. The SMILES string of the molecule is CCN1CCCC1CCOc1cc(Cl)cc(Cl)c1OC. The van der Waals surface area contributed by atoms with Crippen molar-refractivity contribution in [1.82, 2.24) is 4.90 Å². The molecule has 3 nitrogen and oxygen atoms in total. The van der Waals surface area contributed by atoms with Crippen molar-refractivity contribution < 1.29 is 9.47 Å². The Hall–Kier alpha value is -0.640. The number of hydrogen-bond donors (Lipinski definition) is 0. The van der Waals surface area contributed by atoms with Gasteiger partial charge < -0.3 is 14.4 Å². The fraction of sp³-hybridized carbons (Fsp3) is 0.600. The van der Waals surface area contributed by atoms with E-state index in [0.29, 0.717) is 34.2 Å². The quantitative estimate of drug-likeness (QED) is 0.782. The predicted octanol–water partition coefficient (Wildman–Crippen LogP) is 4.26. The molecule has 1 aromatic rings. The summed E-state index contributed by atoms with van der Waals surface area (Å²) in [4.78, 5) is 2.51. The summed E-state index contributed by atoms with van der Waals surface area (Å²) in [7, 11) is 1.58. The second-order valence-corrected chi connectivity index (χ2v) is 5.82. The van der Waals surface area contributed by atoms with Gasteiger partial charge in [0.25, 0.3) is 0 Å². The van der Waals surface area contributed by atoms with Crippen LogP contribution in [-0.2, 0) is 0 Å². The van der Waals surface area contributed by atoms with Crippen LogP contribution >= 0.6 is 23.2 Å². The molecule has 0 saturated carbocycles. The van der Waals surface area contributed by atoms with Crippen molar-refractivity contribution in [1.29, 1.82) is 0 Å². The van der Waals surface area contributed by atoms with E-state index in [1.165, 1.54) is 19.4 Å². The lowest BCUT2D eigenvalue weighted by Gasteiger charge is -2.22. The Morgan fingerprint density at radius 1 is 1.35 bits per heavy atom. The molecule has 1 heterocycles. The van der Waals surface area contributed by atoms with E-state index in [0.717, 1.165) is 13.0 Å². The van der Waals surface area contributed by atoms with Gasteiger partial charge in [0.15, 0.2) is 11.5 Å². The third kappa shape index (κ3) is 3.72. The molecule has 1 aromatic carbocycles. The molecule has 0 amide bonds. The van der Waals surface area contributed by atoms with Crippen LogP contribution in [0.2, 0.25) is 10.0 Å². The first-order chi connectivity index (χ1) is 9.65. The van der Waals surface area contributed by atoms with Gasteiger partial charge in [-0.25, -0.2) is 0 Å². The van der Waals surface area contributed by atoms with Gasteiger partial charge in [-0.05, 0) is 38.4 Å². The fourth-order valence-electron chi connectivity index (χ4n) is 2.79. The average Bonchev–Trinajstić information content (AvgIpc) is 2.86. The smallest absolute Gasteiger partial charge is 0.179 e. The van der Waals surface area contributed by atoms with Crippen LogP contribution in [0.3, 0.4) is 0 Å². The minimum absolute atomic E-state index is 0.478. The zero-order valence-corrected chi connectivity index (χ0v) is 13.5. The molecule has 1 unspecified atom stereocenters. The summed E-state index contributed by atoms with van der Waals surface area (Å²) in [6.07, 6.45) is 3.55. The second kappa shape index (κ2) is 7.39. The first-order valence-corrected chi connectivity index (χ1v) is 7.81. The standard InChI is InChI=1S/C15H21Cl2NO2/c1-3-18-7-4-5-12(18)6-8-20-14-10-11(16)9-13(17)15(14)19-2/h9-10,12H,3-8H2,1-2H3. The van der Waals surface area contributed by atoms with Crippen molar-refractivity contribution in [2.24, 2.45) is 0 Å². The molecule has 0 radical (unpaired) electrons. The number of halogens is 2. The molecule has 1 aliphatic heterocycles. The Morgan fingerprint density at radius 2 is 2.15 bits per heavy atom. The molecule has 0 bridgehead atoms. The zero-order valence-electron chi connectivity index (χ0n) is 12.0. The average molecular weight is 318 g/mol. The van der Waals surface area contributed by atoms with Crippen LogP contribution in [-0.4, -0.2) is 37.7 Å². The van der Waals surface area contributed by atoms with Crippen LogP contribution in [0, 0.1) is 0 Å².